The molecule has 102 valence electrons. The molecule has 3 atom stereocenters. The molecule has 0 fully saturated rings. The average molecular weight is 242 g/mol. The molecule has 0 spiro atoms. The maximum atomic E-state index is 6.14. The van der Waals surface area contributed by atoms with E-state index in [4.69, 9.17) is 9.47 Å². The van der Waals surface area contributed by atoms with E-state index in [-0.39, 0.29) is 17.8 Å². The van der Waals surface area contributed by atoms with Gasteiger partial charge in [-0.1, -0.05) is 26.3 Å². The summed E-state index contributed by atoms with van der Waals surface area (Å²) in [7, 11) is 0. The first-order chi connectivity index (χ1) is 7.85. The lowest BCUT2D eigenvalue weighted by molar-refractivity contribution is -0.108. The first-order valence-electron chi connectivity index (χ1n) is 6.77. The summed E-state index contributed by atoms with van der Waals surface area (Å²) in [4.78, 5) is 0. The number of rotatable bonds is 8. The summed E-state index contributed by atoms with van der Waals surface area (Å²) >= 11 is 0. The van der Waals surface area contributed by atoms with E-state index < -0.39 is 0 Å². The minimum Gasteiger partial charge on any atom is -0.374 e. The molecule has 0 saturated heterocycles. The highest BCUT2D eigenvalue weighted by Crippen LogP contribution is 2.24. The van der Waals surface area contributed by atoms with Crippen molar-refractivity contribution in [3.8, 4) is 0 Å². The molecule has 0 unspecified atom stereocenters. The largest absolute Gasteiger partial charge is 0.374 e. The molecule has 0 heterocycles. The van der Waals surface area contributed by atoms with Crippen molar-refractivity contribution in [2.75, 3.05) is 6.61 Å². The van der Waals surface area contributed by atoms with E-state index in [9.17, 15) is 0 Å². The van der Waals surface area contributed by atoms with Crippen LogP contribution in [0.1, 0.15) is 54.4 Å². The van der Waals surface area contributed by atoms with Crippen LogP contribution in [0.4, 0.5) is 0 Å². The Kier molecular flexibility index (Phi) is 7.73. The minimum absolute atomic E-state index is 0.0823. The van der Waals surface area contributed by atoms with Crippen molar-refractivity contribution in [3.63, 3.8) is 0 Å². The molecule has 0 radical (unpaired) electrons. The van der Waals surface area contributed by atoms with Gasteiger partial charge in [0.25, 0.3) is 0 Å². The van der Waals surface area contributed by atoms with Crippen molar-refractivity contribution in [3.05, 3.63) is 12.7 Å². The fourth-order valence-electron chi connectivity index (χ4n) is 2.01. The quantitative estimate of drug-likeness (QED) is 0.594. The topological polar surface area (TPSA) is 18.5 Å². The van der Waals surface area contributed by atoms with Crippen LogP contribution in [-0.4, -0.2) is 24.4 Å². The molecular weight excluding hydrogens is 212 g/mol. The van der Waals surface area contributed by atoms with Crippen LogP contribution < -0.4 is 0 Å². The molecule has 2 nitrogen and oxygen atoms in total. The molecule has 0 aromatic heterocycles. The second kappa shape index (κ2) is 7.88. The lowest BCUT2D eigenvalue weighted by Gasteiger charge is -2.34. The molecule has 0 aliphatic rings. The van der Waals surface area contributed by atoms with Gasteiger partial charge in [-0.05, 0) is 34.1 Å². The molecule has 0 amide bonds. The SMILES string of the molecule is C=C[C@H](OCC)[C@H](C)[C@H](CCC)OC(C)(C)C. The van der Waals surface area contributed by atoms with E-state index in [0.717, 1.165) is 19.4 Å². The molecular formula is C15H30O2. The molecule has 0 rings (SSSR count). The van der Waals surface area contributed by atoms with Crippen molar-refractivity contribution >= 4 is 0 Å². The van der Waals surface area contributed by atoms with E-state index in [1.54, 1.807) is 0 Å². The highest BCUT2D eigenvalue weighted by Gasteiger charge is 2.28. The zero-order valence-corrected chi connectivity index (χ0v) is 12.5. The van der Waals surface area contributed by atoms with Gasteiger partial charge >= 0.3 is 0 Å². The van der Waals surface area contributed by atoms with Crippen molar-refractivity contribution in [1.82, 2.24) is 0 Å². The molecule has 0 aromatic carbocycles. The molecule has 0 saturated carbocycles. The minimum atomic E-state index is -0.105. The molecule has 0 N–H and O–H groups in total. The predicted molar refractivity (Wildman–Crippen MR) is 74.3 cm³/mol. The summed E-state index contributed by atoms with van der Waals surface area (Å²) in [6, 6.07) is 0. The Hall–Kier alpha value is -0.340. The number of ether oxygens (including phenoxy) is 2. The Bertz CT molecular complexity index is 205. The van der Waals surface area contributed by atoms with Crippen LogP contribution in [0.15, 0.2) is 12.7 Å². The van der Waals surface area contributed by atoms with Gasteiger partial charge in [0.05, 0.1) is 17.8 Å². The molecule has 17 heavy (non-hydrogen) atoms. The molecule has 0 bridgehead atoms. The van der Waals surface area contributed by atoms with Crippen LogP contribution in [0.25, 0.3) is 0 Å². The Balaban J connectivity index is 4.60. The third-order valence-corrected chi connectivity index (χ3v) is 2.77. The first-order valence-corrected chi connectivity index (χ1v) is 6.77. The first kappa shape index (κ1) is 16.7. The van der Waals surface area contributed by atoms with E-state index in [2.05, 4.69) is 41.2 Å². The Morgan fingerprint density at radius 3 is 2.18 bits per heavy atom. The smallest absolute Gasteiger partial charge is 0.0803 e. The second-order valence-electron chi connectivity index (χ2n) is 5.57. The van der Waals surface area contributed by atoms with Gasteiger partial charge in [0.2, 0.25) is 0 Å². The summed E-state index contributed by atoms with van der Waals surface area (Å²) in [6.07, 6.45) is 4.40. The third-order valence-electron chi connectivity index (χ3n) is 2.77. The van der Waals surface area contributed by atoms with Crippen molar-refractivity contribution in [2.45, 2.75) is 72.2 Å². The van der Waals surface area contributed by atoms with E-state index in [1.165, 1.54) is 0 Å². The van der Waals surface area contributed by atoms with Crippen LogP contribution in [-0.2, 0) is 9.47 Å². The molecule has 2 heteroatoms. The van der Waals surface area contributed by atoms with Gasteiger partial charge in [0.1, 0.15) is 0 Å². The fourth-order valence-corrected chi connectivity index (χ4v) is 2.01. The van der Waals surface area contributed by atoms with Gasteiger partial charge in [-0.25, -0.2) is 0 Å². The summed E-state index contributed by atoms with van der Waals surface area (Å²) in [5.74, 6) is 0.339. The van der Waals surface area contributed by atoms with Crippen molar-refractivity contribution < 1.29 is 9.47 Å². The summed E-state index contributed by atoms with van der Waals surface area (Å²) in [6.45, 7) is 17.3. The van der Waals surface area contributed by atoms with Crippen molar-refractivity contribution in [1.29, 1.82) is 0 Å². The Morgan fingerprint density at radius 1 is 1.24 bits per heavy atom. The van der Waals surface area contributed by atoms with Crippen molar-refractivity contribution in [2.24, 2.45) is 5.92 Å². The van der Waals surface area contributed by atoms with E-state index in [1.807, 2.05) is 13.0 Å². The second-order valence-corrected chi connectivity index (χ2v) is 5.57. The van der Waals surface area contributed by atoms with E-state index in [0.29, 0.717) is 5.92 Å². The summed E-state index contributed by atoms with van der Waals surface area (Å²) in [5.41, 5.74) is -0.105. The maximum Gasteiger partial charge on any atom is 0.0803 e. The van der Waals surface area contributed by atoms with E-state index >= 15 is 0 Å². The Morgan fingerprint density at radius 2 is 1.82 bits per heavy atom. The maximum absolute atomic E-state index is 6.14. The van der Waals surface area contributed by atoms with Crippen LogP contribution >= 0.6 is 0 Å². The highest BCUT2D eigenvalue weighted by molar-refractivity contribution is 4.88. The third kappa shape index (κ3) is 6.85. The van der Waals surface area contributed by atoms with Crippen LogP contribution in [0.3, 0.4) is 0 Å². The van der Waals surface area contributed by atoms with Gasteiger partial charge < -0.3 is 9.47 Å². The average Bonchev–Trinajstić information content (AvgIpc) is 2.22. The number of hydrogen-bond donors (Lipinski definition) is 0. The van der Waals surface area contributed by atoms with Gasteiger partial charge in [0, 0.05) is 12.5 Å². The predicted octanol–water partition coefficient (Wildman–Crippen LogP) is 4.20. The summed E-state index contributed by atoms with van der Waals surface area (Å²) < 4.78 is 11.8. The van der Waals surface area contributed by atoms with Gasteiger partial charge in [-0.3, -0.25) is 0 Å². The Labute approximate surface area is 107 Å². The highest BCUT2D eigenvalue weighted by atomic mass is 16.5. The van der Waals surface area contributed by atoms with Crippen LogP contribution in [0, 0.1) is 5.92 Å². The lowest BCUT2D eigenvalue weighted by atomic mass is 9.93. The zero-order valence-electron chi connectivity index (χ0n) is 12.5. The van der Waals surface area contributed by atoms with Crippen LogP contribution in [0.2, 0.25) is 0 Å². The lowest BCUT2D eigenvalue weighted by Crippen LogP contribution is -2.37. The monoisotopic (exact) mass is 242 g/mol. The molecule has 0 aromatic rings. The standard InChI is InChI=1S/C15H30O2/c1-8-11-14(17-15(5,6)7)12(4)13(9-2)16-10-3/h9,12-14H,2,8,10-11H2,1,3-7H3/t12-,13-,14-/m0/s1. The summed E-state index contributed by atoms with van der Waals surface area (Å²) in [5, 5.41) is 0. The number of hydrogen-bond acceptors (Lipinski definition) is 2. The molecule has 0 aliphatic carbocycles. The van der Waals surface area contributed by atoms with Gasteiger partial charge in [-0.15, -0.1) is 6.58 Å². The fraction of sp³-hybridized carbons (Fsp3) is 0.867. The van der Waals surface area contributed by atoms with Crippen LogP contribution in [0.5, 0.6) is 0 Å². The van der Waals surface area contributed by atoms with Gasteiger partial charge in [-0.2, -0.15) is 0 Å². The molecule has 0 aliphatic heterocycles. The van der Waals surface area contributed by atoms with Gasteiger partial charge in [0.15, 0.2) is 0 Å². The zero-order chi connectivity index (χ0) is 13.5. The normalized spacial score (nSPS) is 17.5.